The Balaban J connectivity index is 1.15. The van der Waals surface area contributed by atoms with E-state index in [0.717, 1.165) is 22.4 Å². The van der Waals surface area contributed by atoms with E-state index in [1.807, 2.05) is 66.7 Å². The molecule has 49 heavy (non-hydrogen) atoms. The summed E-state index contributed by atoms with van der Waals surface area (Å²) in [6, 6.07) is 23.3. The zero-order valence-corrected chi connectivity index (χ0v) is 27.3. The van der Waals surface area contributed by atoms with E-state index < -0.39 is 30.3 Å². The number of nitrogens with zero attached hydrogens (tertiary/aromatic N) is 5. The van der Waals surface area contributed by atoms with Crippen molar-refractivity contribution in [3.05, 3.63) is 101 Å². The van der Waals surface area contributed by atoms with Gasteiger partial charge in [0.15, 0.2) is 6.29 Å². The third kappa shape index (κ3) is 7.96. The van der Waals surface area contributed by atoms with E-state index in [4.69, 9.17) is 9.47 Å². The summed E-state index contributed by atoms with van der Waals surface area (Å²) in [6.45, 7) is 1.95. The molecule has 4 aromatic rings. The van der Waals surface area contributed by atoms with Crippen LogP contribution in [0, 0.1) is 5.92 Å². The van der Waals surface area contributed by atoms with Gasteiger partial charge in [0.25, 0.3) is 0 Å². The van der Waals surface area contributed by atoms with Crippen LogP contribution in [0.4, 0.5) is 13.2 Å². The molecule has 2 saturated heterocycles. The number of amides is 2. The highest BCUT2D eigenvalue weighted by atomic mass is 32.2. The number of thioether (sulfide) groups is 1. The third-order valence-electron chi connectivity index (χ3n) is 8.72. The van der Waals surface area contributed by atoms with Gasteiger partial charge in [0.2, 0.25) is 11.1 Å². The Bertz CT molecular complexity index is 1720. The third-order valence-corrected chi connectivity index (χ3v) is 9.73. The van der Waals surface area contributed by atoms with Gasteiger partial charge in [-0.15, -0.1) is 5.10 Å². The van der Waals surface area contributed by atoms with Crippen LogP contribution in [0.25, 0.3) is 5.69 Å². The topological polar surface area (TPSA) is 132 Å². The molecule has 0 saturated carbocycles. The largest absolute Gasteiger partial charge is 0.471 e. The average Bonchev–Trinajstić information content (AvgIpc) is 3.81. The lowest BCUT2D eigenvalue weighted by molar-refractivity contribution is -0.268. The van der Waals surface area contributed by atoms with E-state index in [2.05, 4.69) is 27.8 Å². The Morgan fingerprint density at radius 1 is 0.980 bits per heavy atom. The summed E-state index contributed by atoms with van der Waals surface area (Å²) < 4.78 is 53.7. The van der Waals surface area contributed by atoms with Crippen LogP contribution in [-0.4, -0.2) is 72.6 Å². The molecule has 0 aliphatic carbocycles. The first-order chi connectivity index (χ1) is 23.6. The van der Waals surface area contributed by atoms with Gasteiger partial charge in [-0.05, 0) is 52.1 Å². The van der Waals surface area contributed by atoms with Gasteiger partial charge in [-0.2, -0.15) is 17.9 Å². The Kier molecular flexibility index (Phi) is 10.6. The molecule has 3 heterocycles. The molecular weight excluding hydrogens is 661 g/mol. The van der Waals surface area contributed by atoms with Crippen LogP contribution >= 0.6 is 11.8 Å². The molecule has 0 radical (unpaired) electrons. The van der Waals surface area contributed by atoms with Crippen LogP contribution in [0.2, 0.25) is 0 Å². The number of ether oxygens (including phenoxy) is 2. The van der Waals surface area contributed by atoms with E-state index >= 15 is 0 Å². The SMILES string of the molecule is C[C@@H]1[C@H](CSc2nnnn2-c2ccccc2)O[C@H](c2ccc(CNC(=O)[C@@H]3CCCN3C(=O)C(F)(F)F)cc2)O[C@@H]1c1ccc(CO)cc1. The van der Waals surface area contributed by atoms with Crippen LogP contribution in [0.5, 0.6) is 0 Å². The van der Waals surface area contributed by atoms with Gasteiger partial charge in [-0.25, -0.2) is 0 Å². The number of alkyl halides is 3. The summed E-state index contributed by atoms with van der Waals surface area (Å²) in [6.07, 6.45) is -5.89. The number of nitrogens with one attached hydrogen (secondary N) is 1. The van der Waals surface area contributed by atoms with Crippen molar-refractivity contribution in [2.45, 2.75) is 68.8 Å². The number of benzene rings is 3. The molecule has 6 rings (SSSR count). The van der Waals surface area contributed by atoms with Crippen molar-refractivity contribution in [1.82, 2.24) is 30.4 Å². The number of hydrogen-bond donors (Lipinski definition) is 2. The van der Waals surface area contributed by atoms with Gasteiger partial charge >= 0.3 is 12.1 Å². The number of aliphatic hydroxyl groups is 1. The normalized spacial score (nSPS) is 22.6. The molecule has 2 amide bonds. The maximum Gasteiger partial charge on any atom is 0.471 e. The molecule has 5 atom stereocenters. The fraction of sp³-hybridized carbons (Fsp3) is 0.382. The van der Waals surface area contributed by atoms with Gasteiger partial charge in [-0.3, -0.25) is 9.59 Å². The molecule has 2 aliphatic rings. The highest BCUT2D eigenvalue weighted by molar-refractivity contribution is 7.99. The minimum absolute atomic E-state index is 0.0696. The van der Waals surface area contributed by atoms with Crippen LogP contribution in [0.15, 0.2) is 84.0 Å². The molecule has 258 valence electrons. The first-order valence-corrected chi connectivity index (χ1v) is 16.8. The predicted molar refractivity (Wildman–Crippen MR) is 172 cm³/mol. The van der Waals surface area contributed by atoms with Gasteiger partial charge in [0.1, 0.15) is 6.04 Å². The molecule has 1 aromatic heterocycles. The number of carbonyl (C=O) groups is 2. The lowest BCUT2D eigenvalue weighted by atomic mass is 9.91. The molecule has 11 nitrogen and oxygen atoms in total. The summed E-state index contributed by atoms with van der Waals surface area (Å²) >= 11 is 1.47. The van der Waals surface area contributed by atoms with Crippen LogP contribution < -0.4 is 5.32 Å². The molecular formula is C34H35F3N6O5S. The summed E-state index contributed by atoms with van der Waals surface area (Å²) in [7, 11) is 0. The van der Waals surface area contributed by atoms with Crippen molar-refractivity contribution in [2.24, 2.45) is 5.92 Å². The summed E-state index contributed by atoms with van der Waals surface area (Å²) in [5, 5.41) is 25.1. The minimum Gasteiger partial charge on any atom is -0.392 e. The molecule has 2 fully saturated rings. The van der Waals surface area contributed by atoms with Gasteiger partial charge < -0.3 is 24.8 Å². The maximum atomic E-state index is 13.0. The second-order valence-corrected chi connectivity index (χ2v) is 12.9. The first kappa shape index (κ1) is 34.5. The number of hydrogen-bond acceptors (Lipinski definition) is 9. The van der Waals surface area contributed by atoms with Crippen LogP contribution in [0.3, 0.4) is 0 Å². The number of carbonyl (C=O) groups excluding carboxylic acids is 2. The van der Waals surface area contributed by atoms with Gasteiger partial charge in [-0.1, -0.05) is 85.4 Å². The van der Waals surface area contributed by atoms with Crippen LogP contribution in [-0.2, 0) is 32.2 Å². The first-order valence-electron chi connectivity index (χ1n) is 15.8. The van der Waals surface area contributed by atoms with Gasteiger partial charge in [0, 0.05) is 30.3 Å². The molecule has 0 bridgehead atoms. The minimum atomic E-state index is -5.03. The predicted octanol–water partition coefficient (Wildman–Crippen LogP) is 4.91. The van der Waals surface area contributed by atoms with Crippen molar-refractivity contribution in [3.63, 3.8) is 0 Å². The standard InChI is InChI=1S/C34H35F3N6O5S/c1-21-28(20-49-33-39-40-41-43(33)26-6-3-2-4-7-26)47-31(48-29(21)24-13-11-23(19-44)12-14-24)25-15-9-22(10-16-25)18-38-30(45)27-8-5-17-42(27)32(46)34(35,36)37/h2-4,6-7,9-16,21,27-29,31,44H,5,8,17-20H2,1H3,(H,38,45)/t21-,27+,28+,29+,31+/m1/s1. The fourth-order valence-electron chi connectivity index (χ4n) is 6.01. The highest BCUT2D eigenvalue weighted by Gasteiger charge is 2.47. The Hall–Kier alpha value is -4.31. The second-order valence-electron chi connectivity index (χ2n) is 12.0. The zero-order valence-electron chi connectivity index (χ0n) is 26.5. The molecule has 0 unspecified atom stereocenters. The number of likely N-dealkylation sites (tertiary alicyclic amines) is 1. The summed E-state index contributed by atoms with van der Waals surface area (Å²) in [5.74, 6) is -2.16. The second kappa shape index (κ2) is 15.1. The lowest BCUT2D eigenvalue weighted by Crippen LogP contribution is -2.50. The number of para-hydroxylation sites is 1. The van der Waals surface area contributed by atoms with E-state index in [0.29, 0.717) is 27.8 Å². The monoisotopic (exact) mass is 696 g/mol. The van der Waals surface area contributed by atoms with Crippen LogP contribution in [0.1, 0.15) is 54.4 Å². The molecule has 2 aliphatic heterocycles. The highest BCUT2D eigenvalue weighted by Crippen LogP contribution is 2.43. The molecule has 15 heteroatoms. The van der Waals surface area contributed by atoms with E-state index in [1.165, 1.54) is 11.8 Å². The van der Waals surface area contributed by atoms with E-state index in [9.17, 15) is 27.9 Å². The molecule has 3 aromatic carbocycles. The van der Waals surface area contributed by atoms with Crippen molar-refractivity contribution < 1.29 is 37.3 Å². The molecule has 2 N–H and O–H groups in total. The molecule has 0 spiro atoms. The number of halogens is 3. The van der Waals surface area contributed by atoms with E-state index in [1.54, 1.807) is 16.8 Å². The average molecular weight is 697 g/mol. The number of aromatic nitrogens is 4. The van der Waals surface area contributed by atoms with Crippen molar-refractivity contribution in [1.29, 1.82) is 0 Å². The number of rotatable bonds is 10. The quantitative estimate of drug-likeness (QED) is 0.222. The zero-order chi connectivity index (χ0) is 34.5. The van der Waals surface area contributed by atoms with Crippen molar-refractivity contribution >= 4 is 23.6 Å². The Morgan fingerprint density at radius 2 is 1.67 bits per heavy atom. The van der Waals surface area contributed by atoms with Crippen molar-refractivity contribution in [3.8, 4) is 5.69 Å². The summed E-state index contributed by atoms with van der Waals surface area (Å²) in [4.78, 5) is 25.1. The number of aliphatic hydroxyl groups excluding tert-OH is 1. The van der Waals surface area contributed by atoms with E-state index in [-0.39, 0.29) is 44.2 Å². The maximum absolute atomic E-state index is 13.0. The van der Waals surface area contributed by atoms with Crippen molar-refractivity contribution in [2.75, 3.05) is 12.3 Å². The summed E-state index contributed by atoms with van der Waals surface area (Å²) in [5.41, 5.74) is 4.01. The number of tetrazole rings is 1. The Morgan fingerprint density at radius 3 is 2.37 bits per heavy atom. The van der Waals surface area contributed by atoms with Gasteiger partial charge in [0.05, 0.1) is 24.5 Å². The fourth-order valence-corrected chi connectivity index (χ4v) is 7.07. The smallest absolute Gasteiger partial charge is 0.392 e. The lowest BCUT2D eigenvalue weighted by Gasteiger charge is -2.41. The Labute approximate surface area is 284 Å².